The summed E-state index contributed by atoms with van der Waals surface area (Å²) in [5.41, 5.74) is 1.71. The monoisotopic (exact) mass is 217 g/mol. The predicted molar refractivity (Wildman–Crippen MR) is 60.7 cm³/mol. The lowest BCUT2D eigenvalue weighted by Crippen LogP contribution is -1.82. The number of pyridine rings is 1. The van der Waals surface area contributed by atoms with Crippen LogP contribution in [0, 0.1) is 11.8 Å². The molecule has 0 amide bonds. The van der Waals surface area contributed by atoms with Gasteiger partial charge in [-0.2, -0.15) is 0 Å². The lowest BCUT2D eigenvalue weighted by molar-refractivity contribution is 0.350. The van der Waals surface area contributed by atoms with Gasteiger partial charge in [-0.15, -0.1) is 0 Å². The molecular formula is C12H8ClNO. The number of hydrogen-bond acceptors (Lipinski definition) is 2. The van der Waals surface area contributed by atoms with E-state index in [0.717, 1.165) is 16.5 Å². The minimum absolute atomic E-state index is 0.128. The summed E-state index contributed by atoms with van der Waals surface area (Å²) in [5, 5.41) is 10.0. The van der Waals surface area contributed by atoms with Gasteiger partial charge in [0.2, 0.25) is 0 Å². The number of fused-ring (bicyclic) bond motifs is 1. The van der Waals surface area contributed by atoms with Crippen molar-refractivity contribution < 1.29 is 5.11 Å². The molecule has 1 heterocycles. The van der Waals surface area contributed by atoms with Crippen molar-refractivity contribution >= 4 is 22.5 Å². The maximum atomic E-state index is 8.57. The third-order valence-electron chi connectivity index (χ3n) is 1.97. The molecule has 0 saturated heterocycles. The first-order valence-corrected chi connectivity index (χ1v) is 4.83. The Morgan fingerprint density at radius 1 is 1.27 bits per heavy atom. The maximum Gasteiger partial charge on any atom is 0.129 e. The van der Waals surface area contributed by atoms with Crippen LogP contribution >= 0.6 is 11.6 Å². The van der Waals surface area contributed by atoms with Crippen LogP contribution in [0.25, 0.3) is 10.9 Å². The molecule has 0 aliphatic carbocycles. The van der Waals surface area contributed by atoms with Gasteiger partial charge in [0.05, 0.1) is 5.52 Å². The molecule has 2 aromatic rings. The number of aromatic nitrogens is 1. The van der Waals surface area contributed by atoms with Crippen LogP contribution in [0.3, 0.4) is 0 Å². The van der Waals surface area contributed by atoms with E-state index in [1.165, 1.54) is 0 Å². The van der Waals surface area contributed by atoms with Crippen molar-refractivity contribution in [2.75, 3.05) is 6.61 Å². The molecule has 0 saturated carbocycles. The summed E-state index contributed by atoms with van der Waals surface area (Å²) < 4.78 is 0. The molecule has 0 radical (unpaired) electrons. The van der Waals surface area contributed by atoms with Crippen molar-refractivity contribution in [2.45, 2.75) is 0 Å². The predicted octanol–water partition coefficient (Wildman–Crippen LogP) is 2.23. The van der Waals surface area contributed by atoms with E-state index in [4.69, 9.17) is 16.7 Å². The highest BCUT2D eigenvalue weighted by Crippen LogP contribution is 2.16. The zero-order chi connectivity index (χ0) is 10.7. The number of hydrogen-bond donors (Lipinski definition) is 1. The van der Waals surface area contributed by atoms with Crippen LogP contribution in [0.5, 0.6) is 0 Å². The van der Waals surface area contributed by atoms with Gasteiger partial charge in [0.15, 0.2) is 0 Å². The van der Waals surface area contributed by atoms with E-state index < -0.39 is 0 Å². The van der Waals surface area contributed by atoms with Gasteiger partial charge in [-0.1, -0.05) is 23.4 Å². The molecule has 1 aromatic carbocycles. The van der Waals surface area contributed by atoms with Gasteiger partial charge in [0.25, 0.3) is 0 Å². The van der Waals surface area contributed by atoms with Crippen molar-refractivity contribution in [3.63, 3.8) is 0 Å². The summed E-state index contributed by atoms with van der Waals surface area (Å²) in [6.45, 7) is -0.128. The fourth-order valence-electron chi connectivity index (χ4n) is 1.32. The summed E-state index contributed by atoms with van der Waals surface area (Å²) in [6.07, 6.45) is 0. The second-order valence-corrected chi connectivity index (χ2v) is 3.39. The fraction of sp³-hybridized carbons (Fsp3) is 0.0833. The van der Waals surface area contributed by atoms with Crippen molar-refractivity contribution in [1.29, 1.82) is 0 Å². The SMILES string of the molecule is OCC#Cc1ccc2nc(Cl)ccc2c1. The standard InChI is InChI=1S/C12H8ClNO/c13-12-6-4-10-8-9(2-1-7-15)3-5-11(10)14-12/h3-6,8,15H,7H2. The number of aliphatic hydroxyl groups excluding tert-OH is 1. The zero-order valence-electron chi connectivity index (χ0n) is 7.87. The Labute approximate surface area is 92.5 Å². The second-order valence-electron chi connectivity index (χ2n) is 3.00. The molecule has 0 bridgehead atoms. The molecule has 0 unspecified atom stereocenters. The fourth-order valence-corrected chi connectivity index (χ4v) is 1.47. The summed E-state index contributed by atoms with van der Waals surface area (Å²) in [6, 6.07) is 9.28. The van der Waals surface area contributed by atoms with Crippen LogP contribution in [0.15, 0.2) is 30.3 Å². The number of rotatable bonds is 0. The minimum Gasteiger partial charge on any atom is -0.384 e. The Kier molecular flexibility index (Phi) is 2.86. The molecular weight excluding hydrogens is 210 g/mol. The molecule has 2 nitrogen and oxygen atoms in total. The topological polar surface area (TPSA) is 33.1 Å². The Hall–Kier alpha value is -1.56. The van der Waals surface area contributed by atoms with Crippen molar-refractivity contribution in [3.05, 3.63) is 41.0 Å². The summed E-state index contributed by atoms with van der Waals surface area (Å²) in [7, 11) is 0. The van der Waals surface area contributed by atoms with Gasteiger partial charge < -0.3 is 5.11 Å². The van der Waals surface area contributed by atoms with E-state index in [-0.39, 0.29) is 6.61 Å². The normalized spacial score (nSPS) is 9.73. The van der Waals surface area contributed by atoms with E-state index in [2.05, 4.69) is 16.8 Å². The molecule has 2 rings (SSSR count). The lowest BCUT2D eigenvalue weighted by atomic mass is 10.1. The van der Waals surface area contributed by atoms with Crippen LogP contribution in [-0.2, 0) is 0 Å². The molecule has 0 spiro atoms. The molecule has 74 valence electrons. The Morgan fingerprint density at radius 2 is 2.13 bits per heavy atom. The number of halogens is 1. The first-order valence-electron chi connectivity index (χ1n) is 4.45. The highest BCUT2D eigenvalue weighted by molar-refractivity contribution is 6.29. The molecule has 0 aliphatic rings. The van der Waals surface area contributed by atoms with Crippen molar-refractivity contribution in [1.82, 2.24) is 4.98 Å². The number of aliphatic hydroxyl groups is 1. The second kappa shape index (κ2) is 4.31. The summed E-state index contributed by atoms with van der Waals surface area (Å²) in [4.78, 5) is 4.16. The summed E-state index contributed by atoms with van der Waals surface area (Å²) in [5.74, 6) is 5.44. The van der Waals surface area contributed by atoms with Crippen LogP contribution in [0.4, 0.5) is 0 Å². The average Bonchev–Trinajstić information content (AvgIpc) is 2.26. The van der Waals surface area contributed by atoms with Gasteiger partial charge in [-0.05, 0) is 30.3 Å². The Balaban J connectivity index is 2.52. The van der Waals surface area contributed by atoms with Crippen LogP contribution < -0.4 is 0 Å². The van der Waals surface area contributed by atoms with Gasteiger partial charge in [-0.3, -0.25) is 0 Å². The lowest BCUT2D eigenvalue weighted by Gasteiger charge is -1.98. The minimum atomic E-state index is -0.128. The van der Waals surface area contributed by atoms with Crippen LogP contribution in [0.1, 0.15) is 5.56 Å². The van der Waals surface area contributed by atoms with Gasteiger partial charge in [0.1, 0.15) is 11.8 Å². The molecule has 0 aliphatic heterocycles. The van der Waals surface area contributed by atoms with Crippen molar-refractivity contribution in [2.24, 2.45) is 0 Å². The molecule has 15 heavy (non-hydrogen) atoms. The number of benzene rings is 1. The Morgan fingerprint density at radius 3 is 2.93 bits per heavy atom. The van der Waals surface area contributed by atoms with E-state index in [0.29, 0.717) is 5.15 Å². The van der Waals surface area contributed by atoms with E-state index in [1.54, 1.807) is 6.07 Å². The third-order valence-corrected chi connectivity index (χ3v) is 2.18. The first kappa shape index (κ1) is 9.97. The molecule has 0 fully saturated rings. The maximum absolute atomic E-state index is 8.57. The van der Waals surface area contributed by atoms with E-state index >= 15 is 0 Å². The van der Waals surface area contributed by atoms with Gasteiger partial charge in [-0.25, -0.2) is 4.98 Å². The Bertz CT molecular complexity index is 554. The summed E-state index contributed by atoms with van der Waals surface area (Å²) >= 11 is 5.77. The molecule has 1 aromatic heterocycles. The smallest absolute Gasteiger partial charge is 0.129 e. The first-order chi connectivity index (χ1) is 7.29. The van der Waals surface area contributed by atoms with Crippen LogP contribution in [-0.4, -0.2) is 16.7 Å². The van der Waals surface area contributed by atoms with Crippen molar-refractivity contribution in [3.8, 4) is 11.8 Å². The highest BCUT2D eigenvalue weighted by atomic mass is 35.5. The average molecular weight is 218 g/mol. The molecule has 1 N–H and O–H groups in total. The van der Waals surface area contributed by atoms with Gasteiger partial charge >= 0.3 is 0 Å². The zero-order valence-corrected chi connectivity index (χ0v) is 8.62. The number of nitrogens with zero attached hydrogens (tertiary/aromatic N) is 1. The van der Waals surface area contributed by atoms with Gasteiger partial charge in [0, 0.05) is 10.9 Å². The van der Waals surface area contributed by atoms with Crippen LogP contribution in [0.2, 0.25) is 5.15 Å². The largest absolute Gasteiger partial charge is 0.384 e. The van der Waals surface area contributed by atoms with E-state index in [9.17, 15) is 0 Å². The molecule has 3 heteroatoms. The highest BCUT2D eigenvalue weighted by Gasteiger charge is 1.96. The quantitative estimate of drug-likeness (QED) is 0.542. The molecule has 0 atom stereocenters. The van der Waals surface area contributed by atoms with E-state index in [1.807, 2.05) is 24.3 Å². The third kappa shape index (κ3) is 2.27.